The number of halogens is 3. The number of carbonyl (C=O) groups is 2. The Kier molecular flexibility index (Phi) is 7.39. The molecule has 1 aromatic heterocycles. The van der Waals surface area contributed by atoms with Crippen LogP contribution in [-0.2, 0) is 22.3 Å². The number of hydrogen-bond acceptors (Lipinski definition) is 6. The second kappa shape index (κ2) is 10.5. The van der Waals surface area contributed by atoms with E-state index in [-0.39, 0.29) is 24.2 Å². The van der Waals surface area contributed by atoms with E-state index in [1.54, 1.807) is 31.2 Å². The minimum atomic E-state index is -4.71. The van der Waals surface area contributed by atoms with Crippen LogP contribution in [0.3, 0.4) is 0 Å². The molecule has 1 aliphatic rings. The summed E-state index contributed by atoms with van der Waals surface area (Å²) in [5.74, 6) is -2.11. The molecule has 3 aromatic rings. The number of aromatic nitrogens is 2. The highest BCUT2D eigenvalue weighted by molar-refractivity contribution is 5.84. The van der Waals surface area contributed by atoms with Gasteiger partial charge in [0.15, 0.2) is 0 Å². The van der Waals surface area contributed by atoms with E-state index in [9.17, 15) is 22.8 Å². The molecule has 0 aliphatic carbocycles. The van der Waals surface area contributed by atoms with Gasteiger partial charge in [-0.1, -0.05) is 59.8 Å². The van der Waals surface area contributed by atoms with Gasteiger partial charge in [0.05, 0.1) is 12.1 Å². The smallest absolute Gasteiger partial charge is 0.368 e. The number of hydrogen-bond donors (Lipinski definition) is 2. The highest BCUT2D eigenvalue weighted by Crippen LogP contribution is 2.33. The van der Waals surface area contributed by atoms with E-state index in [2.05, 4.69) is 20.0 Å². The van der Waals surface area contributed by atoms with Crippen molar-refractivity contribution in [2.75, 3.05) is 6.54 Å². The maximum absolute atomic E-state index is 12.9. The summed E-state index contributed by atoms with van der Waals surface area (Å²) in [6.45, 7) is 2.50. The lowest BCUT2D eigenvalue weighted by Crippen LogP contribution is -2.56. The number of benzene rings is 2. The summed E-state index contributed by atoms with van der Waals surface area (Å²) in [6.07, 6.45) is -3.36. The van der Waals surface area contributed by atoms with Gasteiger partial charge < -0.3 is 15.6 Å². The van der Waals surface area contributed by atoms with Gasteiger partial charge in [0, 0.05) is 18.7 Å². The fraction of sp³-hybridized carbons (Fsp3) is 0.360. The molecule has 0 radical (unpaired) electrons. The minimum absolute atomic E-state index is 0.178. The first kappa shape index (κ1) is 25.4. The van der Waals surface area contributed by atoms with Crippen molar-refractivity contribution in [1.82, 2.24) is 20.4 Å². The number of nitrogens with one attached hydrogen (secondary N) is 1. The summed E-state index contributed by atoms with van der Waals surface area (Å²) >= 11 is 0. The number of alkyl halides is 3. The van der Waals surface area contributed by atoms with Crippen molar-refractivity contribution >= 4 is 11.8 Å². The summed E-state index contributed by atoms with van der Waals surface area (Å²) in [4.78, 5) is 30.3. The zero-order valence-corrected chi connectivity index (χ0v) is 19.5. The van der Waals surface area contributed by atoms with Gasteiger partial charge in [-0.15, -0.1) is 0 Å². The molecule has 36 heavy (non-hydrogen) atoms. The molecule has 190 valence electrons. The fourth-order valence-corrected chi connectivity index (χ4v) is 4.47. The summed E-state index contributed by atoms with van der Waals surface area (Å²) in [6, 6.07) is 15.2. The van der Waals surface area contributed by atoms with Crippen molar-refractivity contribution in [3.63, 3.8) is 0 Å². The highest BCUT2D eigenvalue weighted by atomic mass is 19.4. The first-order valence-electron chi connectivity index (χ1n) is 11.5. The molecule has 3 atom stereocenters. The average molecular weight is 502 g/mol. The maximum Gasteiger partial charge on any atom is 0.471 e. The van der Waals surface area contributed by atoms with E-state index in [1.807, 2.05) is 35.2 Å². The third-order valence-corrected chi connectivity index (χ3v) is 6.47. The Morgan fingerprint density at radius 3 is 2.47 bits per heavy atom. The Balaban J connectivity index is 1.35. The van der Waals surface area contributed by atoms with Crippen LogP contribution in [-0.4, -0.2) is 45.5 Å². The molecular formula is C25H26F3N5O3. The van der Waals surface area contributed by atoms with Gasteiger partial charge in [-0.25, -0.2) is 0 Å². The average Bonchev–Trinajstić information content (AvgIpc) is 3.38. The monoisotopic (exact) mass is 501 g/mol. The van der Waals surface area contributed by atoms with E-state index < -0.39 is 30.1 Å². The largest absolute Gasteiger partial charge is 0.471 e. The molecule has 8 nitrogen and oxygen atoms in total. The van der Waals surface area contributed by atoms with Crippen LogP contribution in [0.25, 0.3) is 11.4 Å². The number of nitrogens with two attached hydrogens (primary N) is 1. The molecule has 0 bridgehead atoms. The van der Waals surface area contributed by atoms with Gasteiger partial charge in [0.2, 0.25) is 17.6 Å². The number of piperidine rings is 1. The Morgan fingerprint density at radius 1 is 1.17 bits per heavy atom. The van der Waals surface area contributed by atoms with E-state index in [4.69, 9.17) is 5.73 Å². The Labute approximate surface area is 205 Å². The Hall–Kier alpha value is -3.73. The number of amides is 2. The van der Waals surface area contributed by atoms with Crippen molar-refractivity contribution in [1.29, 1.82) is 0 Å². The molecule has 11 heteroatoms. The maximum atomic E-state index is 12.9. The normalized spacial score (nSPS) is 19.6. The summed E-state index contributed by atoms with van der Waals surface area (Å²) in [5.41, 5.74) is 7.93. The number of likely N-dealkylation sites (tertiary alicyclic amines) is 1. The molecule has 2 aromatic carbocycles. The van der Waals surface area contributed by atoms with Crippen LogP contribution in [0.1, 0.15) is 42.7 Å². The first-order valence-corrected chi connectivity index (χ1v) is 11.5. The molecule has 0 saturated carbocycles. The third kappa shape index (κ3) is 5.73. The van der Waals surface area contributed by atoms with Crippen LogP contribution < -0.4 is 11.1 Å². The summed E-state index contributed by atoms with van der Waals surface area (Å²) in [5, 5.41) is 6.21. The van der Waals surface area contributed by atoms with Gasteiger partial charge >= 0.3 is 12.1 Å². The van der Waals surface area contributed by atoms with E-state index in [1.165, 1.54) is 0 Å². The topological polar surface area (TPSA) is 114 Å². The number of rotatable bonds is 7. The lowest BCUT2D eigenvalue weighted by molar-refractivity contribution is -0.159. The third-order valence-electron chi connectivity index (χ3n) is 6.47. The summed E-state index contributed by atoms with van der Waals surface area (Å²) < 4.78 is 42.2. The molecular weight excluding hydrogens is 475 g/mol. The molecule has 0 spiro atoms. The van der Waals surface area contributed by atoms with Crippen LogP contribution in [0.15, 0.2) is 59.1 Å². The second-order valence-corrected chi connectivity index (χ2v) is 8.80. The Morgan fingerprint density at radius 2 is 1.86 bits per heavy atom. The van der Waals surface area contributed by atoms with E-state index in [0.717, 1.165) is 17.5 Å². The van der Waals surface area contributed by atoms with Crippen LogP contribution in [0.5, 0.6) is 0 Å². The van der Waals surface area contributed by atoms with Crippen LogP contribution in [0.2, 0.25) is 0 Å². The molecule has 2 unspecified atom stereocenters. The first-order chi connectivity index (χ1) is 17.1. The zero-order valence-electron chi connectivity index (χ0n) is 19.5. The molecule has 1 aliphatic heterocycles. The Bertz CT molecular complexity index is 1200. The number of primary amides is 1. The molecule has 4 rings (SSSR count). The lowest BCUT2D eigenvalue weighted by atomic mass is 9.84. The van der Waals surface area contributed by atoms with Gasteiger partial charge in [-0.2, -0.15) is 18.2 Å². The predicted molar refractivity (Wildman–Crippen MR) is 124 cm³/mol. The lowest BCUT2D eigenvalue weighted by Gasteiger charge is -2.40. The van der Waals surface area contributed by atoms with E-state index in [0.29, 0.717) is 18.5 Å². The molecule has 1 fully saturated rings. The van der Waals surface area contributed by atoms with E-state index >= 15 is 0 Å². The summed E-state index contributed by atoms with van der Waals surface area (Å²) in [7, 11) is 0. The van der Waals surface area contributed by atoms with Crippen LogP contribution in [0, 0.1) is 0 Å². The van der Waals surface area contributed by atoms with Crippen molar-refractivity contribution in [2.45, 2.75) is 50.5 Å². The minimum Gasteiger partial charge on any atom is -0.368 e. The van der Waals surface area contributed by atoms with Gasteiger partial charge in [0.1, 0.15) is 0 Å². The van der Waals surface area contributed by atoms with Gasteiger partial charge in [-0.05, 0) is 36.8 Å². The van der Waals surface area contributed by atoms with Crippen LogP contribution in [0.4, 0.5) is 13.2 Å². The predicted octanol–water partition coefficient (Wildman–Crippen LogP) is 3.49. The fourth-order valence-electron chi connectivity index (χ4n) is 4.47. The quantitative estimate of drug-likeness (QED) is 0.512. The van der Waals surface area contributed by atoms with Gasteiger partial charge in [0.25, 0.3) is 0 Å². The van der Waals surface area contributed by atoms with Crippen molar-refractivity contribution in [2.24, 2.45) is 5.73 Å². The number of nitrogens with zero attached hydrogens (tertiary/aromatic N) is 3. The molecule has 3 N–H and O–H groups in total. The zero-order chi connectivity index (χ0) is 25.9. The van der Waals surface area contributed by atoms with Crippen molar-refractivity contribution < 1.29 is 27.3 Å². The molecule has 2 amide bonds. The number of carbonyl (C=O) groups excluding carboxylic acids is 2. The van der Waals surface area contributed by atoms with Crippen molar-refractivity contribution in [3.05, 3.63) is 71.6 Å². The van der Waals surface area contributed by atoms with Crippen LogP contribution >= 0.6 is 0 Å². The molecule has 2 heterocycles. The standard InChI is InChI=1S/C25H26F3N5O3/c1-15(33-12-11-19(13-20(33)21(29)34)17-5-3-2-4-6-17)23(35)30-14-16-7-9-18(10-8-16)22-31-24(36-32-22)25(26,27)28/h2-10,15,19-20H,11-14H2,1H3,(H2,29,34)(H,30,35)/t15-,19?,20?/m0/s1. The highest BCUT2D eigenvalue weighted by Gasteiger charge is 2.39. The second-order valence-electron chi connectivity index (χ2n) is 8.80. The van der Waals surface area contributed by atoms with Gasteiger partial charge in [-0.3, -0.25) is 14.5 Å². The molecule has 1 saturated heterocycles. The SMILES string of the molecule is C[C@@H](C(=O)NCc1ccc(-c2noc(C(F)(F)F)n2)cc1)N1CCC(c2ccccc2)CC1C(N)=O. The van der Waals surface area contributed by atoms with Crippen molar-refractivity contribution in [3.8, 4) is 11.4 Å².